The van der Waals surface area contributed by atoms with Gasteiger partial charge in [0, 0.05) is 12.1 Å². The molecule has 0 N–H and O–H groups in total. The van der Waals surface area contributed by atoms with Gasteiger partial charge in [-0.2, -0.15) is 0 Å². The summed E-state index contributed by atoms with van der Waals surface area (Å²) in [6.45, 7) is 8.66. The molecule has 0 saturated heterocycles. The number of fused-ring (bicyclic) bond motifs is 1. The molecular formula is C30H32FN3O2. The average Bonchev–Trinajstić information content (AvgIpc) is 2.89. The molecule has 1 atom stereocenters. The molecule has 0 saturated carbocycles. The molecule has 186 valence electrons. The van der Waals surface area contributed by atoms with Crippen molar-refractivity contribution in [3.05, 3.63) is 106 Å². The van der Waals surface area contributed by atoms with E-state index in [9.17, 15) is 14.0 Å². The molecule has 3 aromatic carbocycles. The number of aromatic nitrogens is 2. The van der Waals surface area contributed by atoms with Crippen LogP contribution < -0.4 is 5.56 Å². The molecule has 0 radical (unpaired) electrons. The molecule has 1 unspecified atom stereocenters. The number of halogens is 1. The minimum Gasteiger partial charge on any atom is -0.329 e. The van der Waals surface area contributed by atoms with Crippen LogP contribution >= 0.6 is 0 Å². The van der Waals surface area contributed by atoms with Gasteiger partial charge in [0.05, 0.1) is 22.6 Å². The van der Waals surface area contributed by atoms with E-state index >= 15 is 0 Å². The number of hydrogen-bond donors (Lipinski definition) is 0. The van der Waals surface area contributed by atoms with E-state index in [1.54, 1.807) is 15.5 Å². The number of rotatable bonds is 8. The number of benzene rings is 3. The Balaban J connectivity index is 1.88. The van der Waals surface area contributed by atoms with Crippen molar-refractivity contribution in [3.63, 3.8) is 0 Å². The molecule has 0 aliphatic carbocycles. The molecule has 0 spiro atoms. The van der Waals surface area contributed by atoms with Crippen LogP contribution in [0.4, 0.5) is 4.39 Å². The van der Waals surface area contributed by atoms with Gasteiger partial charge in [-0.25, -0.2) is 9.37 Å². The average molecular weight is 486 g/mol. The van der Waals surface area contributed by atoms with Crippen molar-refractivity contribution in [1.29, 1.82) is 0 Å². The van der Waals surface area contributed by atoms with Crippen molar-refractivity contribution < 1.29 is 9.18 Å². The van der Waals surface area contributed by atoms with Gasteiger partial charge in [0.25, 0.3) is 11.5 Å². The molecule has 0 aliphatic heterocycles. The van der Waals surface area contributed by atoms with E-state index in [1.165, 1.54) is 29.8 Å². The van der Waals surface area contributed by atoms with Gasteiger partial charge in [0.2, 0.25) is 0 Å². The largest absolute Gasteiger partial charge is 0.329 e. The lowest BCUT2D eigenvalue weighted by Crippen LogP contribution is -2.38. The van der Waals surface area contributed by atoms with Crippen molar-refractivity contribution >= 4 is 16.8 Å². The van der Waals surface area contributed by atoms with Crippen molar-refractivity contribution in [2.24, 2.45) is 5.92 Å². The number of carbonyl (C=O) groups excluding carboxylic acids is 1. The number of aryl methyl sites for hydroxylation is 1. The summed E-state index contributed by atoms with van der Waals surface area (Å²) in [7, 11) is 0. The summed E-state index contributed by atoms with van der Waals surface area (Å²) in [5.74, 6) is 0.239. The number of para-hydroxylation sites is 1. The maximum atomic E-state index is 13.8. The van der Waals surface area contributed by atoms with E-state index in [-0.39, 0.29) is 11.5 Å². The van der Waals surface area contributed by atoms with Crippen molar-refractivity contribution in [2.75, 3.05) is 6.54 Å². The number of carbonyl (C=O) groups is 1. The minimum absolute atomic E-state index is 0.176. The van der Waals surface area contributed by atoms with Crippen molar-refractivity contribution in [3.8, 4) is 5.69 Å². The topological polar surface area (TPSA) is 55.2 Å². The van der Waals surface area contributed by atoms with Crippen molar-refractivity contribution in [2.45, 2.75) is 46.6 Å². The highest BCUT2D eigenvalue weighted by molar-refractivity contribution is 5.94. The summed E-state index contributed by atoms with van der Waals surface area (Å²) in [5.41, 5.74) is 2.68. The Morgan fingerprint density at radius 3 is 2.28 bits per heavy atom. The fraction of sp³-hybridized carbons (Fsp3) is 0.300. The van der Waals surface area contributed by atoms with Crippen LogP contribution in [0.1, 0.15) is 61.9 Å². The van der Waals surface area contributed by atoms with E-state index in [0.717, 1.165) is 12.8 Å². The standard InChI is InChI=1S/C30H32FN3O2/c1-5-22-10-16-25(17-11-22)34-28(32-27-9-7-6-8-26(27)30(34)36)21(4)33(19-18-20(2)3)29(35)23-12-14-24(31)15-13-23/h6-17,20-21H,5,18-19H2,1-4H3. The van der Waals surface area contributed by atoms with Gasteiger partial charge in [0.1, 0.15) is 11.6 Å². The van der Waals surface area contributed by atoms with Crippen LogP contribution in [-0.4, -0.2) is 26.9 Å². The Hall–Kier alpha value is -3.80. The highest BCUT2D eigenvalue weighted by atomic mass is 19.1. The zero-order valence-corrected chi connectivity index (χ0v) is 21.2. The second-order valence-corrected chi connectivity index (χ2v) is 9.51. The van der Waals surface area contributed by atoms with Crippen LogP contribution in [0.3, 0.4) is 0 Å². The van der Waals surface area contributed by atoms with Gasteiger partial charge >= 0.3 is 0 Å². The fourth-order valence-electron chi connectivity index (χ4n) is 4.33. The summed E-state index contributed by atoms with van der Waals surface area (Å²) in [6.07, 6.45) is 1.67. The Morgan fingerprint density at radius 1 is 0.972 bits per heavy atom. The monoisotopic (exact) mass is 485 g/mol. The third-order valence-corrected chi connectivity index (χ3v) is 6.55. The second kappa shape index (κ2) is 10.9. The van der Waals surface area contributed by atoms with Gasteiger partial charge in [-0.15, -0.1) is 0 Å². The first-order valence-corrected chi connectivity index (χ1v) is 12.5. The molecule has 0 fully saturated rings. The predicted molar refractivity (Wildman–Crippen MR) is 142 cm³/mol. The fourth-order valence-corrected chi connectivity index (χ4v) is 4.33. The van der Waals surface area contributed by atoms with Crippen LogP contribution in [0.2, 0.25) is 0 Å². The van der Waals surface area contributed by atoms with Gasteiger partial charge in [-0.05, 0) is 79.8 Å². The third-order valence-electron chi connectivity index (χ3n) is 6.55. The molecular weight excluding hydrogens is 453 g/mol. The highest BCUT2D eigenvalue weighted by Gasteiger charge is 2.27. The summed E-state index contributed by atoms with van der Waals surface area (Å²) < 4.78 is 15.2. The van der Waals surface area contributed by atoms with E-state index in [4.69, 9.17) is 4.98 Å². The Labute approximate surface area is 211 Å². The van der Waals surface area contributed by atoms with E-state index in [0.29, 0.717) is 40.4 Å². The lowest BCUT2D eigenvalue weighted by Gasteiger charge is -2.31. The normalized spacial score (nSPS) is 12.2. The lowest BCUT2D eigenvalue weighted by atomic mass is 10.1. The predicted octanol–water partition coefficient (Wildman–Crippen LogP) is 6.34. The first-order chi connectivity index (χ1) is 17.3. The van der Waals surface area contributed by atoms with Crippen LogP contribution in [0.15, 0.2) is 77.6 Å². The van der Waals surface area contributed by atoms with E-state index < -0.39 is 11.9 Å². The van der Waals surface area contributed by atoms with Crippen molar-refractivity contribution in [1.82, 2.24) is 14.5 Å². The number of nitrogens with zero attached hydrogens (tertiary/aromatic N) is 3. The van der Waals surface area contributed by atoms with Crippen LogP contribution in [-0.2, 0) is 6.42 Å². The maximum Gasteiger partial charge on any atom is 0.266 e. The zero-order valence-electron chi connectivity index (χ0n) is 21.2. The molecule has 0 bridgehead atoms. The van der Waals surface area contributed by atoms with Gasteiger partial charge in [-0.3, -0.25) is 14.2 Å². The Kier molecular flexibility index (Phi) is 7.63. The number of amides is 1. The third kappa shape index (κ3) is 5.23. The Morgan fingerprint density at radius 2 is 1.64 bits per heavy atom. The molecule has 1 aromatic heterocycles. The molecule has 0 aliphatic rings. The summed E-state index contributed by atoms with van der Waals surface area (Å²) in [4.78, 5) is 34.0. The number of hydrogen-bond acceptors (Lipinski definition) is 3. The molecule has 1 amide bonds. The first kappa shape index (κ1) is 25.3. The smallest absolute Gasteiger partial charge is 0.266 e. The molecule has 36 heavy (non-hydrogen) atoms. The van der Waals surface area contributed by atoms with Crippen LogP contribution in [0, 0.1) is 11.7 Å². The summed E-state index contributed by atoms with van der Waals surface area (Å²) in [5, 5.41) is 0.520. The molecule has 1 heterocycles. The van der Waals surface area contributed by atoms with E-state index in [2.05, 4.69) is 20.8 Å². The summed E-state index contributed by atoms with van der Waals surface area (Å²) >= 11 is 0. The first-order valence-electron chi connectivity index (χ1n) is 12.5. The van der Waals surface area contributed by atoms with E-state index in [1.807, 2.05) is 49.4 Å². The quantitative estimate of drug-likeness (QED) is 0.293. The summed E-state index contributed by atoms with van der Waals surface area (Å²) in [6, 6.07) is 20.2. The van der Waals surface area contributed by atoms with Gasteiger partial charge < -0.3 is 4.90 Å². The second-order valence-electron chi connectivity index (χ2n) is 9.51. The van der Waals surface area contributed by atoms with Gasteiger partial charge in [0.15, 0.2) is 0 Å². The SMILES string of the molecule is CCc1ccc(-n2c(C(C)N(CCC(C)C)C(=O)c3ccc(F)cc3)nc3ccccc3c2=O)cc1. The molecule has 5 nitrogen and oxygen atoms in total. The Bertz CT molecular complexity index is 1410. The molecule has 4 rings (SSSR count). The molecule has 6 heteroatoms. The molecule has 4 aromatic rings. The zero-order chi connectivity index (χ0) is 25.8. The van der Waals surface area contributed by atoms with Crippen LogP contribution in [0.25, 0.3) is 16.6 Å². The lowest BCUT2D eigenvalue weighted by molar-refractivity contribution is 0.0671. The van der Waals surface area contributed by atoms with Gasteiger partial charge in [-0.1, -0.05) is 45.0 Å². The highest BCUT2D eigenvalue weighted by Crippen LogP contribution is 2.26. The van der Waals surface area contributed by atoms with Crippen LogP contribution in [0.5, 0.6) is 0 Å². The maximum absolute atomic E-state index is 13.8. The minimum atomic E-state index is -0.510.